The molecule has 96 valence electrons. The molecule has 0 spiro atoms. The summed E-state index contributed by atoms with van der Waals surface area (Å²) in [5.41, 5.74) is 2.51. The van der Waals surface area contributed by atoms with Crippen LogP contribution in [0.15, 0.2) is 12.1 Å². The lowest BCUT2D eigenvalue weighted by Gasteiger charge is -2.27. The summed E-state index contributed by atoms with van der Waals surface area (Å²) < 4.78 is 10.6. The van der Waals surface area contributed by atoms with Gasteiger partial charge in [0.15, 0.2) is 11.5 Å². The third-order valence-corrected chi connectivity index (χ3v) is 3.37. The Morgan fingerprint density at radius 3 is 2.12 bits per heavy atom. The lowest BCUT2D eigenvalue weighted by molar-refractivity contribution is 0.352. The van der Waals surface area contributed by atoms with Crippen LogP contribution in [-0.2, 0) is 5.41 Å². The van der Waals surface area contributed by atoms with E-state index in [1.807, 2.05) is 6.07 Å². The molecule has 0 radical (unpaired) electrons. The summed E-state index contributed by atoms with van der Waals surface area (Å²) in [4.78, 5) is 0. The van der Waals surface area contributed by atoms with Crippen LogP contribution in [0.4, 0.5) is 0 Å². The Kier molecular flexibility index (Phi) is 4.70. The Hall–Kier alpha value is -0.890. The summed E-state index contributed by atoms with van der Waals surface area (Å²) in [7, 11) is 3.31. The van der Waals surface area contributed by atoms with E-state index in [-0.39, 0.29) is 5.41 Å². The number of benzene rings is 1. The minimum Gasteiger partial charge on any atom is -0.493 e. The van der Waals surface area contributed by atoms with Crippen molar-refractivity contribution in [1.29, 1.82) is 0 Å². The van der Waals surface area contributed by atoms with E-state index in [9.17, 15) is 0 Å². The van der Waals surface area contributed by atoms with Crippen LogP contribution in [0.25, 0.3) is 0 Å². The number of alkyl halides is 1. The van der Waals surface area contributed by atoms with E-state index in [2.05, 4.69) is 26.8 Å². The molecule has 1 aromatic carbocycles. The highest BCUT2D eigenvalue weighted by atomic mass is 35.5. The van der Waals surface area contributed by atoms with Crippen LogP contribution < -0.4 is 9.47 Å². The molecule has 0 N–H and O–H groups in total. The third kappa shape index (κ3) is 3.06. The molecule has 0 amide bonds. The number of aryl methyl sites for hydroxylation is 1. The molecule has 0 saturated carbocycles. The van der Waals surface area contributed by atoms with Gasteiger partial charge in [0.1, 0.15) is 0 Å². The highest BCUT2D eigenvalue weighted by Gasteiger charge is 2.23. The molecule has 1 rings (SSSR count). The maximum atomic E-state index is 5.86. The van der Waals surface area contributed by atoms with Gasteiger partial charge >= 0.3 is 0 Å². The molecule has 0 aliphatic heterocycles. The van der Waals surface area contributed by atoms with Crippen molar-refractivity contribution in [3.63, 3.8) is 0 Å². The second kappa shape index (κ2) is 5.63. The zero-order valence-electron chi connectivity index (χ0n) is 11.3. The highest BCUT2D eigenvalue weighted by Crippen LogP contribution is 2.37. The summed E-state index contributed by atoms with van der Waals surface area (Å²) >= 11 is 5.86. The molecule has 0 aromatic heterocycles. The van der Waals surface area contributed by atoms with Crippen molar-refractivity contribution in [2.24, 2.45) is 0 Å². The zero-order valence-corrected chi connectivity index (χ0v) is 12.0. The molecule has 2 nitrogen and oxygen atoms in total. The third-order valence-electron chi connectivity index (χ3n) is 3.18. The Morgan fingerprint density at radius 1 is 1.12 bits per heavy atom. The average molecular weight is 257 g/mol. The Bertz CT molecular complexity index is 386. The number of halogens is 1. The second-order valence-electron chi connectivity index (χ2n) is 4.84. The first-order valence-corrected chi connectivity index (χ1v) is 6.28. The maximum absolute atomic E-state index is 5.86. The first-order chi connectivity index (χ1) is 7.96. The molecule has 0 fully saturated rings. The van der Waals surface area contributed by atoms with Gasteiger partial charge in [0.25, 0.3) is 0 Å². The summed E-state index contributed by atoms with van der Waals surface area (Å²) in [6, 6.07) is 4.07. The molecule has 0 aliphatic carbocycles. The van der Waals surface area contributed by atoms with E-state index in [4.69, 9.17) is 21.1 Å². The van der Waals surface area contributed by atoms with Crippen molar-refractivity contribution >= 4 is 11.6 Å². The fourth-order valence-corrected chi connectivity index (χ4v) is 2.55. The number of ether oxygens (including phenoxy) is 2. The molecule has 1 aromatic rings. The molecular formula is C14H21ClO2. The van der Waals surface area contributed by atoms with E-state index in [1.165, 1.54) is 11.1 Å². The molecular weight excluding hydrogens is 236 g/mol. The Morgan fingerprint density at radius 2 is 1.65 bits per heavy atom. The van der Waals surface area contributed by atoms with Gasteiger partial charge in [-0.15, -0.1) is 11.6 Å². The molecule has 0 unspecified atom stereocenters. The predicted octanol–water partition coefficient (Wildman–Crippen LogP) is 3.92. The van der Waals surface area contributed by atoms with Crippen LogP contribution in [-0.4, -0.2) is 20.1 Å². The van der Waals surface area contributed by atoms with Gasteiger partial charge in [0.05, 0.1) is 14.2 Å². The molecule has 0 saturated heterocycles. The van der Waals surface area contributed by atoms with Crippen molar-refractivity contribution in [2.45, 2.75) is 32.6 Å². The first kappa shape index (κ1) is 14.2. The minimum absolute atomic E-state index is 0.0470. The number of rotatable bonds is 5. The number of hydrogen-bond donors (Lipinski definition) is 0. The molecule has 3 heteroatoms. The van der Waals surface area contributed by atoms with Crippen molar-refractivity contribution in [1.82, 2.24) is 0 Å². The lowest BCUT2D eigenvalue weighted by atomic mass is 9.79. The van der Waals surface area contributed by atoms with E-state index >= 15 is 0 Å². The number of methoxy groups -OCH3 is 2. The van der Waals surface area contributed by atoms with Crippen LogP contribution >= 0.6 is 11.6 Å². The van der Waals surface area contributed by atoms with Crippen LogP contribution in [0.2, 0.25) is 0 Å². The standard InChI is InChI=1S/C14H21ClO2/c1-10-8-12(16-4)13(17-5)9-11(10)14(2,3)6-7-15/h8-9H,6-7H2,1-5H3. The van der Waals surface area contributed by atoms with Gasteiger partial charge in [0, 0.05) is 5.88 Å². The SMILES string of the molecule is COc1cc(C)c(C(C)(C)CCCl)cc1OC. The highest BCUT2D eigenvalue weighted by molar-refractivity contribution is 6.17. The van der Waals surface area contributed by atoms with Crippen LogP contribution in [0, 0.1) is 6.92 Å². The van der Waals surface area contributed by atoms with Crippen LogP contribution in [0.5, 0.6) is 11.5 Å². The Labute approximate surface area is 109 Å². The normalized spacial score (nSPS) is 11.4. The first-order valence-electron chi connectivity index (χ1n) is 5.75. The van der Waals surface area contributed by atoms with Gasteiger partial charge < -0.3 is 9.47 Å². The molecule has 0 heterocycles. The summed E-state index contributed by atoms with van der Waals surface area (Å²) in [5.74, 6) is 2.20. The summed E-state index contributed by atoms with van der Waals surface area (Å²) in [5, 5.41) is 0. The van der Waals surface area contributed by atoms with E-state index < -0.39 is 0 Å². The fourth-order valence-electron chi connectivity index (χ4n) is 2.08. The van der Waals surface area contributed by atoms with E-state index in [0.29, 0.717) is 5.88 Å². The lowest BCUT2D eigenvalue weighted by Crippen LogP contribution is -2.19. The fraction of sp³-hybridized carbons (Fsp3) is 0.571. The van der Waals surface area contributed by atoms with Crippen molar-refractivity contribution < 1.29 is 9.47 Å². The largest absolute Gasteiger partial charge is 0.493 e. The smallest absolute Gasteiger partial charge is 0.161 e. The minimum atomic E-state index is 0.0470. The van der Waals surface area contributed by atoms with Gasteiger partial charge in [-0.1, -0.05) is 13.8 Å². The van der Waals surface area contributed by atoms with Gasteiger partial charge in [-0.2, -0.15) is 0 Å². The van der Waals surface area contributed by atoms with Gasteiger partial charge in [-0.05, 0) is 42.0 Å². The van der Waals surface area contributed by atoms with Crippen LogP contribution in [0.1, 0.15) is 31.4 Å². The summed E-state index contributed by atoms with van der Waals surface area (Å²) in [6.45, 7) is 6.49. The molecule has 0 atom stereocenters. The topological polar surface area (TPSA) is 18.5 Å². The van der Waals surface area contributed by atoms with E-state index in [0.717, 1.165) is 17.9 Å². The van der Waals surface area contributed by atoms with Crippen molar-refractivity contribution in [3.05, 3.63) is 23.3 Å². The van der Waals surface area contributed by atoms with Crippen molar-refractivity contribution in [2.75, 3.05) is 20.1 Å². The zero-order chi connectivity index (χ0) is 13.1. The summed E-state index contributed by atoms with van der Waals surface area (Å²) in [6.07, 6.45) is 0.935. The van der Waals surface area contributed by atoms with Gasteiger partial charge in [0.2, 0.25) is 0 Å². The maximum Gasteiger partial charge on any atom is 0.161 e. The predicted molar refractivity (Wildman–Crippen MR) is 72.6 cm³/mol. The molecule has 0 bridgehead atoms. The molecule has 0 aliphatic rings. The quantitative estimate of drug-likeness (QED) is 0.744. The van der Waals surface area contributed by atoms with E-state index in [1.54, 1.807) is 14.2 Å². The molecule has 17 heavy (non-hydrogen) atoms. The van der Waals surface area contributed by atoms with Gasteiger partial charge in [-0.25, -0.2) is 0 Å². The number of hydrogen-bond acceptors (Lipinski definition) is 2. The second-order valence-corrected chi connectivity index (χ2v) is 5.22. The average Bonchev–Trinajstić information content (AvgIpc) is 2.28. The van der Waals surface area contributed by atoms with Crippen LogP contribution in [0.3, 0.4) is 0 Å². The van der Waals surface area contributed by atoms with Gasteiger partial charge in [-0.3, -0.25) is 0 Å². The Balaban J connectivity index is 3.25. The monoisotopic (exact) mass is 256 g/mol. The van der Waals surface area contributed by atoms with Crippen molar-refractivity contribution in [3.8, 4) is 11.5 Å².